The number of nitrogens with zero attached hydrogens (tertiary/aromatic N) is 1. The van der Waals surface area contributed by atoms with Crippen LogP contribution in [0.15, 0.2) is 70.0 Å². The van der Waals surface area contributed by atoms with Crippen molar-refractivity contribution in [2.24, 2.45) is 0 Å². The van der Waals surface area contributed by atoms with Gasteiger partial charge in [0.15, 0.2) is 10.6 Å². The summed E-state index contributed by atoms with van der Waals surface area (Å²) in [7, 11) is 0. The summed E-state index contributed by atoms with van der Waals surface area (Å²) in [5.41, 5.74) is 1.24. The van der Waals surface area contributed by atoms with Gasteiger partial charge in [0.1, 0.15) is 17.6 Å². The van der Waals surface area contributed by atoms with Gasteiger partial charge < -0.3 is 25.1 Å². The van der Waals surface area contributed by atoms with Crippen LogP contribution in [-0.2, 0) is 4.79 Å². The van der Waals surface area contributed by atoms with Crippen molar-refractivity contribution < 1.29 is 29.3 Å². The average molecular weight is 531 g/mol. The highest BCUT2D eigenvalue weighted by Gasteiger charge is 2.34. The largest absolute Gasteiger partial charge is 0.457 e. The number of amides is 2. The van der Waals surface area contributed by atoms with E-state index in [4.69, 9.17) is 28.2 Å². The van der Waals surface area contributed by atoms with Crippen molar-refractivity contribution in [1.82, 2.24) is 5.32 Å². The van der Waals surface area contributed by atoms with Gasteiger partial charge in [-0.15, -0.1) is 0 Å². The van der Waals surface area contributed by atoms with Gasteiger partial charge in [-0.25, -0.2) is 0 Å². The predicted molar refractivity (Wildman–Crippen MR) is 138 cm³/mol. The van der Waals surface area contributed by atoms with Crippen LogP contribution in [-0.4, -0.2) is 50.4 Å². The summed E-state index contributed by atoms with van der Waals surface area (Å²) in [6.07, 6.45) is -0.339. The van der Waals surface area contributed by atoms with Crippen molar-refractivity contribution in [2.75, 3.05) is 11.5 Å². The van der Waals surface area contributed by atoms with Gasteiger partial charge in [-0.3, -0.25) is 14.5 Å². The quantitative estimate of drug-likeness (QED) is 0.208. The molecule has 1 aliphatic rings. The Morgan fingerprint density at radius 1 is 1.17 bits per heavy atom. The third-order valence-corrected chi connectivity index (χ3v) is 6.70. The van der Waals surface area contributed by atoms with Crippen LogP contribution in [0.4, 0.5) is 5.69 Å². The Labute approximate surface area is 214 Å². The minimum atomic E-state index is -1.93. The van der Waals surface area contributed by atoms with Gasteiger partial charge in [0.2, 0.25) is 0 Å². The zero-order valence-electron chi connectivity index (χ0n) is 17.9. The van der Waals surface area contributed by atoms with Crippen LogP contribution in [0, 0.1) is 0 Å². The molecule has 2 aromatic carbocycles. The smallest absolute Gasteiger partial charge is 0.270 e. The van der Waals surface area contributed by atoms with Gasteiger partial charge in [0, 0.05) is 17.2 Å². The number of aliphatic hydroxyl groups excluding tert-OH is 2. The fourth-order valence-corrected chi connectivity index (χ4v) is 4.82. The molecule has 4 N–H and O–H groups in total. The molecule has 0 aliphatic carbocycles. The lowest BCUT2D eigenvalue weighted by Gasteiger charge is -2.19. The number of carbonyl (C=O) groups excluding carboxylic acids is 2. The Kier molecular flexibility index (Phi) is 7.70. The van der Waals surface area contributed by atoms with Crippen LogP contribution in [0.2, 0.25) is 5.02 Å². The lowest BCUT2D eigenvalue weighted by Crippen LogP contribution is -2.45. The molecule has 180 valence electrons. The summed E-state index contributed by atoms with van der Waals surface area (Å²) in [4.78, 5) is 27.2. The molecule has 0 spiro atoms. The lowest BCUT2D eigenvalue weighted by atomic mass is 10.1. The third kappa shape index (κ3) is 5.48. The van der Waals surface area contributed by atoms with Crippen LogP contribution in [0.1, 0.15) is 16.1 Å². The van der Waals surface area contributed by atoms with Gasteiger partial charge in [0.25, 0.3) is 11.8 Å². The zero-order valence-corrected chi connectivity index (χ0v) is 20.3. The fraction of sp³-hybridized carbons (Fsp3) is 0.125. The van der Waals surface area contributed by atoms with Crippen molar-refractivity contribution in [3.05, 3.63) is 81.9 Å². The summed E-state index contributed by atoms with van der Waals surface area (Å²) < 4.78 is 6.13. The van der Waals surface area contributed by atoms with E-state index in [1.807, 2.05) is 18.2 Å². The molecule has 3 aromatic rings. The molecule has 0 saturated carbocycles. The minimum Gasteiger partial charge on any atom is -0.457 e. The molecule has 1 saturated heterocycles. The number of aliphatic hydroxyl groups is 3. The molecule has 35 heavy (non-hydrogen) atoms. The van der Waals surface area contributed by atoms with E-state index in [0.29, 0.717) is 27.1 Å². The maximum Gasteiger partial charge on any atom is 0.270 e. The molecule has 11 heteroatoms. The second-order valence-electron chi connectivity index (χ2n) is 7.43. The van der Waals surface area contributed by atoms with Crippen molar-refractivity contribution >= 4 is 63.5 Å². The van der Waals surface area contributed by atoms with E-state index in [-0.39, 0.29) is 15.8 Å². The Balaban J connectivity index is 1.55. The number of rotatable bonds is 7. The first-order chi connectivity index (χ1) is 16.8. The number of thiocarbonyl (C=S) groups is 1. The van der Waals surface area contributed by atoms with E-state index in [0.717, 1.165) is 17.3 Å². The predicted octanol–water partition coefficient (Wildman–Crippen LogP) is 3.41. The van der Waals surface area contributed by atoms with E-state index in [2.05, 4.69) is 5.32 Å². The van der Waals surface area contributed by atoms with E-state index >= 15 is 0 Å². The summed E-state index contributed by atoms with van der Waals surface area (Å²) in [5.74, 6) is -0.0219. The van der Waals surface area contributed by atoms with E-state index in [1.54, 1.807) is 36.4 Å². The molecule has 0 radical (unpaired) electrons. The van der Waals surface area contributed by atoms with Gasteiger partial charge in [-0.2, -0.15) is 0 Å². The van der Waals surface area contributed by atoms with Crippen LogP contribution >= 0.6 is 35.6 Å². The molecule has 1 unspecified atom stereocenters. The average Bonchev–Trinajstić information content (AvgIpc) is 3.41. The molecule has 1 aliphatic heterocycles. The lowest BCUT2D eigenvalue weighted by molar-refractivity contribution is -0.113. The van der Waals surface area contributed by atoms with Gasteiger partial charge >= 0.3 is 0 Å². The highest BCUT2D eigenvalue weighted by atomic mass is 35.5. The Bertz CT molecular complexity index is 1320. The van der Waals surface area contributed by atoms with Crippen LogP contribution in [0.3, 0.4) is 0 Å². The molecular formula is C24H19ClN2O6S2. The number of carbonyl (C=O) groups is 2. The van der Waals surface area contributed by atoms with Crippen molar-refractivity contribution in [3.8, 4) is 11.3 Å². The van der Waals surface area contributed by atoms with Crippen molar-refractivity contribution in [2.45, 2.75) is 12.3 Å². The summed E-state index contributed by atoms with van der Waals surface area (Å²) in [6.45, 7) is -0.659. The van der Waals surface area contributed by atoms with E-state index in [9.17, 15) is 24.9 Å². The normalized spacial score (nSPS) is 15.8. The monoisotopic (exact) mass is 530 g/mol. The first-order valence-corrected chi connectivity index (χ1v) is 11.9. The van der Waals surface area contributed by atoms with Crippen molar-refractivity contribution in [1.29, 1.82) is 0 Å². The highest BCUT2D eigenvalue weighted by molar-refractivity contribution is 8.27. The molecule has 0 bridgehead atoms. The third-order valence-electron chi connectivity index (χ3n) is 5.07. The van der Waals surface area contributed by atoms with Crippen LogP contribution in [0.5, 0.6) is 0 Å². The number of nitrogens with one attached hydrogen (secondary N) is 1. The number of halogens is 1. The molecule has 8 nitrogen and oxygen atoms in total. The molecule has 1 fully saturated rings. The van der Waals surface area contributed by atoms with Crippen molar-refractivity contribution in [3.63, 3.8) is 0 Å². The highest BCUT2D eigenvalue weighted by Crippen LogP contribution is 2.37. The van der Waals surface area contributed by atoms with Gasteiger partial charge in [-0.1, -0.05) is 53.8 Å². The number of thioether (sulfide) groups is 1. The van der Waals surface area contributed by atoms with E-state index in [1.165, 1.54) is 17.0 Å². The molecular weight excluding hydrogens is 512 g/mol. The first-order valence-electron chi connectivity index (χ1n) is 10.3. The number of hydrogen-bond donors (Lipinski definition) is 4. The maximum absolute atomic E-state index is 13.1. The summed E-state index contributed by atoms with van der Waals surface area (Å²) in [6, 6.07) is 15.6. The molecule has 2 amide bonds. The van der Waals surface area contributed by atoms with Crippen LogP contribution in [0.25, 0.3) is 17.4 Å². The Morgan fingerprint density at radius 2 is 1.94 bits per heavy atom. The second kappa shape index (κ2) is 10.7. The second-order valence-corrected chi connectivity index (χ2v) is 9.51. The molecule has 2 heterocycles. The zero-order chi connectivity index (χ0) is 25.1. The number of benzene rings is 2. The van der Waals surface area contributed by atoms with Gasteiger partial charge in [-0.05, 0) is 42.5 Å². The molecule has 1 atom stereocenters. The number of anilines is 1. The maximum atomic E-state index is 13.1. The minimum absolute atomic E-state index is 0.148. The van der Waals surface area contributed by atoms with Crippen LogP contribution < -0.4 is 10.2 Å². The number of furan rings is 1. The topological polar surface area (TPSA) is 123 Å². The number of hydrogen-bond acceptors (Lipinski definition) is 8. The fourth-order valence-electron chi connectivity index (χ4n) is 3.31. The SMILES string of the molecule is O=C(NC(CO)C(O)O)c1cccc(N2C(=O)C(=Cc3ccc(-c4ccccc4Cl)o3)SC2=S)c1. The first kappa shape index (κ1) is 25.1. The Morgan fingerprint density at radius 3 is 2.66 bits per heavy atom. The standard InChI is InChI=1S/C24H19ClN2O6S2/c25-17-7-2-1-6-16(17)19-9-8-15(33-19)11-20-22(30)27(24(34)35-20)14-5-3-4-13(10-14)21(29)26-18(12-28)23(31)32/h1-11,18,23,28,31-32H,12H2,(H,26,29). The van der Waals surface area contributed by atoms with Gasteiger partial charge in [0.05, 0.1) is 22.2 Å². The molecule has 1 aromatic heterocycles. The molecule has 4 rings (SSSR count). The summed E-state index contributed by atoms with van der Waals surface area (Å²) >= 11 is 12.7. The summed E-state index contributed by atoms with van der Waals surface area (Å²) in [5, 5.41) is 30.5. The Hall–Kier alpha value is -2.99. The van der Waals surface area contributed by atoms with E-state index < -0.39 is 24.8 Å².